The van der Waals surface area contributed by atoms with Crippen molar-refractivity contribution in [3.05, 3.63) is 84.2 Å². The van der Waals surface area contributed by atoms with E-state index in [1.807, 2.05) is 12.1 Å². The smallest absolute Gasteiger partial charge is 0.255 e. The molecule has 0 bridgehead atoms. The molecular formula is C23H21FN2O3S. The summed E-state index contributed by atoms with van der Waals surface area (Å²) in [5, 5.41) is 4.99. The van der Waals surface area contributed by atoms with Crippen molar-refractivity contribution in [3.8, 4) is 5.75 Å². The molecule has 1 unspecified atom stereocenters. The maximum absolute atomic E-state index is 13.7. The zero-order valence-corrected chi connectivity index (χ0v) is 17.3. The Labute approximate surface area is 178 Å². The Morgan fingerprint density at radius 3 is 2.40 bits per heavy atom. The van der Waals surface area contributed by atoms with Crippen LogP contribution in [-0.2, 0) is 4.79 Å². The number of carbonyl (C=O) groups excluding carboxylic acids is 2. The molecule has 0 heterocycles. The van der Waals surface area contributed by atoms with Crippen LogP contribution < -0.4 is 15.4 Å². The van der Waals surface area contributed by atoms with Crippen LogP contribution in [0.3, 0.4) is 0 Å². The number of hydrogen-bond acceptors (Lipinski definition) is 4. The van der Waals surface area contributed by atoms with Crippen molar-refractivity contribution >= 4 is 35.0 Å². The highest BCUT2D eigenvalue weighted by Gasteiger charge is 2.16. The zero-order valence-electron chi connectivity index (χ0n) is 16.5. The van der Waals surface area contributed by atoms with Gasteiger partial charge in [0.15, 0.2) is 0 Å². The standard InChI is InChI=1S/C23H21FN2O3S/c1-15(22(27)26-21-9-4-3-8-20(21)24)30-19-12-10-17(11-13-19)25-23(28)16-6-5-7-18(14-16)29-2/h3-15H,1-2H3,(H,25,28)(H,26,27). The van der Waals surface area contributed by atoms with E-state index < -0.39 is 11.1 Å². The first-order valence-electron chi connectivity index (χ1n) is 9.24. The fourth-order valence-electron chi connectivity index (χ4n) is 2.64. The molecule has 154 valence electrons. The molecular weight excluding hydrogens is 403 g/mol. The molecule has 5 nitrogen and oxygen atoms in total. The molecule has 0 aliphatic rings. The third kappa shape index (κ3) is 5.61. The summed E-state index contributed by atoms with van der Waals surface area (Å²) >= 11 is 1.34. The van der Waals surface area contributed by atoms with Gasteiger partial charge in [0.2, 0.25) is 5.91 Å². The second-order valence-corrected chi connectivity index (χ2v) is 7.85. The van der Waals surface area contributed by atoms with E-state index in [0.717, 1.165) is 4.90 Å². The van der Waals surface area contributed by atoms with Crippen LogP contribution in [0.1, 0.15) is 17.3 Å². The quantitative estimate of drug-likeness (QED) is 0.511. The van der Waals surface area contributed by atoms with Gasteiger partial charge in [-0.1, -0.05) is 18.2 Å². The maximum Gasteiger partial charge on any atom is 0.255 e. The number of anilines is 2. The van der Waals surface area contributed by atoms with Crippen LogP contribution in [0, 0.1) is 5.82 Å². The van der Waals surface area contributed by atoms with Crippen LogP contribution in [0.15, 0.2) is 77.7 Å². The van der Waals surface area contributed by atoms with Crippen molar-refractivity contribution < 1.29 is 18.7 Å². The molecule has 0 radical (unpaired) electrons. The highest BCUT2D eigenvalue weighted by molar-refractivity contribution is 8.00. The summed E-state index contributed by atoms with van der Waals surface area (Å²) in [6.45, 7) is 1.75. The van der Waals surface area contributed by atoms with Crippen LogP contribution in [0.2, 0.25) is 0 Å². The number of amides is 2. The number of carbonyl (C=O) groups is 2. The molecule has 2 N–H and O–H groups in total. The Morgan fingerprint density at radius 1 is 0.967 bits per heavy atom. The Morgan fingerprint density at radius 2 is 1.70 bits per heavy atom. The molecule has 0 saturated carbocycles. The number of thioether (sulfide) groups is 1. The number of halogens is 1. The summed E-state index contributed by atoms with van der Waals surface area (Å²) in [6, 6.07) is 20.1. The molecule has 3 aromatic carbocycles. The van der Waals surface area contributed by atoms with Gasteiger partial charge in [-0.05, 0) is 61.5 Å². The van der Waals surface area contributed by atoms with Crippen molar-refractivity contribution in [2.45, 2.75) is 17.1 Å². The second kappa shape index (κ2) is 9.93. The topological polar surface area (TPSA) is 67.4 Å². The van der Waals surface area contributed by atoms with Crippen LogP contribution in [0.25, 0.3) is 0 Å². The van der Waals surface area contributed by atoms with Gasteiger partial charge in [0.25, 0.3) is 5.91 Å². The van der Waals surface area contributed by atoms with Crippen LogP contribution in [-0.4, -0.2) is 24.2 Å². The van der Waals surface area contributed by atoms with Gasteiger partial charge in [0.05, 0.1) is 18.0 Å². The fourth-order valence-corrected chi connectivity index (χ4v) is 3.51. The lowest BCUT2D eigenvalue weighted by Crippen LogP contribution is -2.22. The Kier molecular flexibility index (Phi) is 7.08. The molecule has 0 fully saturated rings. The number of methoxy groups -OCH3 is 1. The second-order valence-electron chi connectivity index (χ2n) is 6.44. The first-order chi connectivity index (χ1) is 14.5. The minimum absolute atomic E-state index is 0.158. The lowest BCUT2D eigenvalue weighted by Gasteiger charge is -2.13. The van der Waals surface area contributed by atoms with Crippen LogP contribution in [0.5, 0.6) is 5.75 Å². The number of benzene rings is 3. The van der Waals surface area contributed by atoms with Crippen LogP contribution >= 0.6 is 11.8 Å². The van der Waals surface area contributed by atoms with Crippen LogP contribution in [0.4, 0.5) is 15.8 Å². The first kappa shape index (κ1) is 21.4. The van der Waals surface area contributed by atoms with E-state index in [-0.39, 0.29) is 17.5 Å². The van der Waals surface area contributed by atoms with Crippen molar-refractivity contribution in [1.82, 2.24) is 0 Å². The summed E-state index contributed by atoms with van der Waals surface area (Å²) in [4.78, 5) is 25.6. The summed E-state index contributed by atoms with van der Waals surface area (Å²) < 4.78 is 18.8. The normalized spacial score (nSPS) is 11.4. The van der Waals surface area contributed by atoms with E-state index in [1.165, 1.54) is 23.9 Å². The van der Waals surface area contributed by atoms with Gasteiger partial charge in [-0.25, -0.2) is 4.39 Å². The van der Waals surface area contributed by atoms with E-state index in [9.17, 15) is 14.0 Å². The number of hydrogen-bond donors (Lipinski definition) is 2. The van der Waals surface area contributed by atoms with E-state index in [0.29, 0.717) is 17.0 Å². The number of ether oxygens (including phenoxy) is 1. The molecule has 0 aromatic heterocycles. The molecule has 3 rings (SSSR count). The lowest BCUT2D eigenvalue weighted by atomic mass is 10.2. The van der Waals surface area contributed by atoms with Crippen molar-refractivity contribution in [2.24, 2.45) is 0 Å². The number of para-hydroxylation sites is 1. The summed E-state index contributed by atoms with van der Waals surface area (Å²) in [7, 11) is 1.55. The monoisotopic (exact) mass is 424 g/mol. The predicted molar refractivity (Wildman–Crippen MR) is 118 cm³/mol. The molecule has 7 heteroatoms. The van der Waals surface area contributed by atoms with Crippen molar-refractivity contribution in [1.29, 1.82) is 0 Å². The number of rotatable bonds is 7. The molecule has 0 aliphatic heterocycles. The van der Waals surface area contributed by atoms with Gasteiger partial charge < -0.3 is 15.4 Å². The molecule has 0 spiro atoms. The summed E-state index contributed by atoms with van der Waals surface area (Å²) in [6.07, 6.45) is 0. The zero-order chi connectivity index (χ0) is 21.5. The third-order valence-corrected chi connectivity index (χ3v) is 5.37. The Hall–Kier alpha value is -3.32. The van der Waals surface area contributed by atoms with Gasteiger partial charge in [0.1, 0.15) is 11.6 Å². The molecule has 2 amide bonds. The first-order valence-corrected chi connectivity index (χ1v) is 10.1. The maximum atomic E-state index is 13.7. The Bertz CT molecular complexity index is 1040. The average molecular weight is 424 g/mol. The van der Waals surface area contributed by atoms with Gasteiger partial charge >= 0.3 is 0 Å². The predicted octanol–water partition coefficient (Wildman–Crippen LogP) is 5.21. The van der Waals surface area contributed by atoms with E-state index in [1.54, 1.807) is 62.6 Å². The van der Waals surface area contributed by atoms with E-state index >= 15 is 0 Å². The Balaban J connectivity index is 1.57. The minimum atomic E-state index is -0.473. The van der Waals surface area contributed by atoms with Gasteiger partial charge in [-0.15, -0.1) is 11.8 Å². The van der Waals surface area contributed by atoms with E-state index in [2.05, 4.69) is 10.6 Å². The SMILES string of the molecule is COc1cccc(C(=O)Nc2ccc(SC(C)C(=O)Nc3ccccc3F)cc2)c1. The molecule has 3 aromatic rings. The molecule has 0 saturated heterocycles. The van der Waals surface area contributed by atoms with Crippen molar-refractivity contribution in [3.63, 3.8) is 0 Å². The van der Waals surface area contributed by atoms with Gasteiger partial charge in [0, 0.05) is 16.1 Å². The molecule has 0 aliphatic carbocycles. The fraction of sp³-hybridized carbons (Fsp3) is 0.130. The highest BCUT2D eigenvalue weighted by Crippen LogP contribution is 2.26. The van der Waals surface area contributed by atoms with Gasteiger partial charge in [-0.3, -0.25) is 9.59 Å². The van der Waals surface area contributed by atoms with E-state index in [4.69, 9.17) is 4.74 Å². The molecule has 1 atom stereocenters. The summed E-state index contributed by atoms with van der Waals surface area (Å²) in [5.41, 5.74) is 1.28. The largest absolute Gasteiger partial charge is 0.497 e. The van der Waals surface area contributed by atoms with Crippen molar-refractivity contribution in [2.75, 3.05) is 17.7 Å². The minimum Gasteiger partial charge on any atom is -0.497 e. The average Bonchev–Trinajstić information content (AvgIpc) is 2.76. The van der Waals surface area contributed by atoms with Gasteiger partial charge in [-0.2, -0.15) is 0 Å². The lowest BCUT2D eigenvalue weighted by molar-refractivity contribution is -0.115. The summed E-state index contributed by atoms with van der Waals surface area (Å²) in [5.74, 6) is -0.399. The number of nitrogens with one attached hydrogen (secondary N) is 2. The highest BCUT2D eigenvalue weighted by atomic mass is 32.2. The third-order valence-electron chi connectivity index (χ3n) is 4.26. The molecule has 30 heavy (non-hydrogen) atoms.